The molecule has 28 heavy (non-hydrogen) atoms. The number of benzene rings is 1. The van der Waals surface area contributed by atoms with Crippen molar-refractivity contribution in [1.82, 2.24) is 9.47 Å². The lowest BCUT2D eigenvalue weighted by molar-refractivity contribution is -0.122. The summed E-state index contributed by atoms with van der Waals surface area (Å²) >= 11 is 0.902. The van der Waals surface area contributed by atoms with Crippen LogP contribution in [0.1, 0.15) is 17.0 Å². The highest BCUT2D eigenvalue weighted by Crippen LogP contribution is 2.33. The number of nitrogens with two attached hydrogens (primary N) is 1. The second-order valence-electron chi connectivity index (χ2n) is 6.28. The maximum atomic E-state index is 12.4. The highest BCUT2D eigenvalue weighted by Gasteiger charge is 2.34. The van der Waals surface area contributed by atoms with Crippen LogP contribution in [0, 0.1) is 13.8 Å². The molecule has 1 aromatic carbocycles. The van der Waals surface area contributed by atoms with Gasteiger partial charge in [-0.2, -0.15) is 0 Å². The molecule has 9 heteroatoms. The number of rotatable bonds is 5. The van der Waals surface area contributed by atoms with E-state index in [0.29, 0.717) is 4.91 Å². The lowest BCUT2D eigenvalue weighted by Crippen LogP contribution is -2.27. The zero-order valence-corrected chi connectivity index (χ0v) is 17.0. The van der Waals surface area contributed by atoms with Crippen molar-refractivity contribution in [2.24, 2.45) is 5.14 Å². The minimum absolute atomic E-state index is 0.0369. The van der Waals surface area contributed by atoms with Gasteiger partial charge in [0.15, 0.2) is 0 Å². The molecule has 7 nitrogen and oxygen atoms in total. The lowest BCUT2D eigenvalue weighted by Gasteiger charge is -2.10. The van der Waals surface area contributed by atoms with Gasteiger partial charge in [-0.3, -0.25) is 14.5 Å². The van der Waals surface area contributed by atoms with Crippen LogP contribution in [0.5, 0.6) is 0 Å². The lowest BCUT2D eigenvalue weighted by atomic mass is 10.2. The van der Waals surface area contributed by atoms with Gasteiger partial charge in [-0.15, -0.1) is 6.58 Å². The minimum atomic E-state index is -3.76. The first-order chi connectivity index (χ1) is 13.1. The number of hydrogen-bond donors (Lipinski definition) is 1. The van der Waals surface area contributed by atoms with Gasteiger partial charge in [0, 0.05) is 23.6 Å². The number of carbonyl (C=O) groups is 2. The minimum Gasteiger partial charge on any atom is -0.318 e. The summed E-state index contributed by atoms with van der Waals surface area (Å²) in [4.78, 5) is 25.9. The van der Waals surface area contributed by atoms with Gasteiger partial charge < -0.3 is 4.57 Å². The van der Waals surface area contributed by atoms with E-state index in [9.17, 15) is 18.0 Å². The average Bonchev–Trinajstić information content (AvgIpc) is 3.05. The number of primary sulfonamides is 1. The van der Waals surface area contributed by atoms with Crippen LogP contribution in [0.3, 0.4) is 0 Å². The molecule has 2 aromatic rings. The van der Waals surface area contributed by atoms with E-state index in [4.69, 9.17) is 5.14 Å². The Morgan fingerprint density at radius 1 is 1.18 bits per heavy atom. The molecule has 1 aliphatic heterocycles. The monoisotopic (exact) mass is 417 g/mol. The molecule has 0 atom stereocenters. The van der Waals surface area contributed by atoms with Gasteiger partial charge >= 0.3 is 0 Å². The summed E-state index contributed by atoms with van der Waals surface area (Å²) in [6.07, 6.45) is 3.21. The van der Waals surface area contributed by atoms with Gasteiger partial charge in [-0.25, -0.2) is 13.6 Å². The van der Waals surface area contributed by atoms with E-state index in [-0.39, 0.29) is 22.6 Å². The highest BCUT2D eigenvalue weighted by atomic mass is 32.2. The average molecular weight is 418 g/mol. The quantitative estimate of drug-likeness (QED) is 0.595. The van der Waals surface area contributed by atoms with Crippen LogP contribution in [0.2, 0.25) is 0 Å². The van der Waals surface area contributed by atoms with Crippen molar-refractivity contribution in [2.75, 3.05) is 6.54 Å². The summed E-state index contributed by atoms with van der Waals surface area (Å²) in [5.41, 5.74) is 3.33. The van der Waals surface area contributed by atoms with Crippen LogP contribution in [0.15, 0.2) is 52.8 Å². The Balaban J connectivity index is 1.98. The topological polar surface area (TPSA) is 102 Å². The largest absolute Gasteiger partial charge is 0.318 e. The Hall–Kier alpha value is -2.62. The van der Waals surface area contributed by atoms with Gasteiger partial charge in [-0.05, 0) is 67.6 Å². The zero-order chi connectivity index (χ0) is 20.6. The van der Waals surface area contributed by atoms with E-state index in [0.717, 1.165) is 39.3 Å². The Morgan fingerprint density at radius 2 is 1.82 bits per heavy atom. The number of imide groups is 1. The zero-order valence-electron chi connectivity index (χ0n) is 15.4. The molecule has 0 unspecified atom stereocenters. The number of aromatic nitrogens is 1. The summed E-state index contributed by atoms with van der Waals surface area (Å²) in [7, 11) is -3.76. The van der Waals surface area contributed by atoms with Crippen LogP contribution in [-0.2, 0) is 14.8 Å². The Labute approximate surface area is 167 Å². The number of hydrogen-bond acceptors (Lipinski definition) is 5. The van der Waals surface area contributed by atoms with Crippen molar-refractivity contribution in [2.45, 2.75) is 18.7 Å². The molecule has 0 aliphatic carbocycles. The third-order valence-corrected chi connectivity index (χ3v) is 6.20. The molecule has 0 bridgehead atoms. The van der Waals surface area contributed by atoms with Gasteiger partial charge in [0.05, 0.1) is 9.80 Å². The molecule has 2 N–H and O–H groups in total. The van der Waals surface area contributed by atoms with Gasteiger partial charge in [0.25, 0.3) is 11.1 Å². The first-order valence-electron chi connectivity index (χ1n) is 8.32. The van der Waals surface area contributed by atoms with E-state index in [1.54, 1.807) is 18.2 Å². The normalized spacial score (nSPS) is 16.2. The maximum absolute atomic E-state index is 12.4. The van der Waals surface area contributed by atoms with Crippen LogP contribution >= 0.6 is 11.8 Å². The first-order valence-corrected chi connectivity index (χ1v) is 10.7. The molecular weight excluding hydrogens is 398 g/mol. The number of amides is 2. The summed E-state index contributed by atoms with van der Waals surface area (Å²) in [6, 6.07) is 8.14. The summed E-state index contributed by atoms with van der Waals surface area (Å²) in [5, 5.41) is 4.83. The van der Waals surface area contributed by atoms with E-state index in [1.807, 2.05) is 24.5 Å². The third kappa shape index (κ3) is 3.68. The van der Waals surface area contributed by atoms with E-state index >= 15 is 0 Å². The summed E-state index contributed by atoms with van der Waals surface area (Å²) < 4.78 is 24.8. The fraction of sp³-hybridized carbons (Fsp3) is 0.158. The number of thioether (sulfide) groups is 1. The predicted molar refractivity (Wildman–Crippen MR) is 109 cm³/mol. The smallest absolute Gasteiger partial charge is 0.293 e. The van der Waals surface area contributed by atoms with Crippen LogP contribution in [0.25, 0.3) is 11.8 Å². The van der Waals surface area contributed by atoms with Gasteiger partial charge in [0.2, 0.25) is 10.0 Å². The molecule has 1 aromatic heterocycles. The van der Waals surface area contributed by atoms with Crippen molar-refractivity contribution in [3.8, 4) is 5.69 Å². The molecule has 1 aliphatic rings. The maximum Gasteiger partial charge on any atom is 0.293 e. The first kappa shape index (κ1) is 20.1. The van der Waals surface area contributed by atoms with Crippen molar-refractivity contribution in [1.29, 1.82) is 0 Å². The van der Waals surface area contributed by atoms with Gasteiger partial charge in [-0.1, -0.05) is 6.08 Å². The van der Waals surface area contributed by atoms with E-state index in [2.05, 4.69) is 6.58 Å². The third-order valence-electron chi connectivity index (χ3n) is 4.37. The second-order valence-corrected chi connectivity index (χ2v) is 8.84. The molecule has 0 saturated carbocycles. The van der Waals surface area contributed by atoms with Crippen molar-refractivity contribution in [3.63, 3.8) is 0 Å². The highest BCUT2D eigenvalue weighted by molar-refractivity contribution is 8.18. The summed E-state index contributed by atoms with van der Waals surface area (Å²) in [6.45, 7) is 7.53. The van der Waals surface area contributed by atoms with Crippen molar-refractivity contribution in [3.05, 3.63) is 64.8 Å². The van der Waals surface area contributed by atoms with E-state index in [1.165, 1.54) is 18.2 Å². The Bertz CT molecular complexity index is 1110. The molecule has 3 rings (SSSR count). The van der Waals surface area contributed by atoms with Gasteiger partial charge in [0.1, 0.15) is 0 Å². The number of carbonyl (C=O) groups excluding carboxylic acids is 2. The molecule has 1 saturated heterocycles. The van der Waals surface area contributed by atoms with Crippen molar-refractivity contribution >= 4 is 39.0 Å². The molecule has 0 spiro atoms. The SMILES string of the molecule is C=CCN1C(=O)S/C(=C\c2cc(C)n(-c3ccc(S(N)(=O)=O)cc3)c2C)C1=O. The molecule has 2 amide bonds. The fourth-order valence-corrected chi connectivity index (χ4v) is 4.40. The van der Waals surface area contributed by atoms with Crippen LogP contribution < -0.4 is 5.14 Å². The second kappa shape index (κ2) is 7.42. The number of sulfonamides is 1. The molecule has 2 heterocycles. The van der Waals surface area contributed by atoms with E-state index < -0.39 is 10.0 Å². The van der Waals surface area contributed by atoms with Crippen LogP contribution in [0.4, 0.5) is 4.79 Å². The Kier molecular flexibility index (Phi) is 5.33. The molecule has 146 valence electrons. The Morgan fingerprint density at radius 3 is 2.39 bits per heavy atom. The fourth-order valence-electron chi connectivity index (χ4n) is 3.04. The van der Waals surface area contributed by atoms with Crippen molar-refractivity contribution < 1.29 is 18.0 Å². The van der Waals surface area contributed by atoms with Crippen LogP contribution in [-0.4, -0.2) is 35.6 Å². The molecule has 0 radical (unpaired) electrons. The molecule has 1 fully saturated rings. The number of aryl methyl sites for hydroxylation is 1. The summed E-state index contributed by atoms with van der Waals surface area (Å²) in [5.74, 6) is -0.336. The predicted octanol–water partition coefficient (Wildman–Crippen LogP) is 2.96. The standard InChI is InChI=1S/C19H19N3O4S2/c1-4-9-21-18(23)17(27-19(21)24)11-14-10-12(2)22(13(14)3)15-5-7-16(8-6-15)28(20,25)26/h4-8,10-11H,1,9H2,2-3H3,(H2,20,25,26)/b17-11-. The molecular formula is C19H19N3O4S2. The number of nitrogens with zero attached hydrogens (tertiary/aromatic N) is 2.